The minimum absolute atomic E-state index is 0.0968. The molecule has 0 bridgehead atoms. The van der Waals surface area contributed by atoms with Gasteiger partial charge >= 0.3 is 0 Å². The van der Waals surface area contributed by atoms with Gasteiger partial charge in [-0.15, -0.1) is 11.3 Å². The van der Waals surface area contributed by atoms with Crippen molar-refractivity contribution in [3.63, 3.8) is 0 Å². The number of thiophene rings is 1. The first-order chi connectivity index (χ1) is 12.5. The lowest BCUT2D eigenvalue weighted by Gasteiger charge is -2.23. The number of nitrogens with zero attached hydrogens (tertiary/aromatic N) is 1. The number of aryl methyl sites for hydroxylation is 1. The number of amides is 3. The van der Waals surface area contributed by atoms with Gasteiger partial charge in [0.15, 0.2) is 0 Å². The smallest absolute Gasteiger partial charge is 0.264 e. The van der Waals surface area contributed by atoms with Gasteiger partial charge in [-0.25, -0.2) is 0 Å². The number of carbonyl (C=O) groups excluding carboxylic acids is 3. The topological polar surface area (TPSA) is 78.5 Å². The van der Waals surface area contributed by atoms with Gasteiger partial charge < -0.3 is 15.5 Å². The number of anilines is 2. The van der Waals surface area contributed by atoms with Crippen LogP contribution in [-0.4, -0.2) is 35.2 Å². The van der Waals surface area contributed by atoms with Crippen LogP contribution in [0.25, 0.3) is 0 Å². The molecule has 1 fully saturated rings. The van der Waals surface area contributed by atoms with Crippen LogP contribution in [-0.2, 0) is 9.59 Å². The van der Waals surface area contributed by atoms with E-state index in [0.29, 0.717) is 29.2 Å². The Hall–Kier alpha value is -2.67. The van der Waals surface area contributed by atoms with Crippen LogP contribution < -0.4 is 10.6 Å². The Balaban J connectivity index is 1.73. The lowest BCUT2D eigenvalue weighted by Crippen LogP contribution is -2.42. The van der Waals surface area contributed by atoms with Crippen molar-refractivity contribution >= 4 is 40.4 Å². The molecular formula is C19H21N3O3S. The fourth-order valence-electron chi connectivity index (χ4n) is 3.07. The Morgan fingerprint density at radius 2 is 2.00 bits per heavy atom. The maximum absolute atomic E-state index is 12.7. The predicted octanol–water partition coefficient (Wildman–Crippen LogP) is 3.26. The Labute approximate surface area is 156 Å². The summed E-state index contributed by atoms with van der Waals surface area (Å²) in [6, 6.07) is 8.49. The highest BCUT2D eigenvalue weighted by Gasteiger charge is 2.34. The second-order valence-corrected chi connectivity index (χ2v) is 7.28. The summed E-state index contributed by atoms with van der Waals surface area (Å²) in [6.07, 6.45) is 1.45. The summed E-state index contributed by atoms with van der Waals surface area (Å²) >= 11 is 1.38. The van der Waals surface area contributed by atoms with Crippen LogP contribution in [0.2, 0.25) is 0 Å². The zero-order valence-corrected chi connectivity index (χ0v) is 15.6. The highest BCUT2D eigenvalue weighted by molar-refractivity contribution is 7.12. The number of benzene rings is 1. The zero-order chi connectivity index (χ0) is 18.7. The van der Waals surface area contributed by atoms with Gasteiger partial charge in [0.25, 0.3) is 5.91 Å². The van der Waals surface area contributed by atoms with Crippen molar-refractivity contribution in [2.24, 2.45) is 0 Å². The third kappa shape index (κ3) is 3.94. The second-order valence-electron chi connectivity index (χ2n) is 6.33. The lowest BCUT2D eigenvalue weighted by molar-refractivity contribution is -0.119. The summed E-state index contributed by atoms with van der Waals surface area (Å²) in [5.41, 5.74) is 2.17. The highest BCUT2D eigenvalue weighted by Crippen LogP contribution is 2.25. The van der Waals surface area contributed by atoms with E-state index in [2.05, 4.69) is 10.6 Å². The summed E-state index contributed by atoms with van der Waals surface area (Å²) in [7, 11) is 0. The van der Waals surface area contributed by atoms with Crippen LogP contribution in [0.1, 0.15) is 35.0 Å². The van der Waals surface area contributed by atoms with E-state index >= 15 is 0 Å². The van der Waals surface area contributed by atoms with Crippen molar-refractivity contribution in [1.82, 2.24) is 4.90 Å². The minimum Gasteiger partial charge on any atom is -0.326 e. The largest absolute Gasteiger partial charge is 0.326 e. The van der Waals surface area contributed by atoms with Crippen molar-refractivity contribution in [3.8, 4) is 0 Å². The molecule has 26 heavy (non-hydrogen) atoms. The van der Waals surface area contributed by atoms with Crippen LogP contribution >= 0.6 is 11.3 Å². The molecule has 7 heteroatoms. The summed E-state index contributed by atoms with van der Waals surface area (Å²) < 4.78 is 0. The second kappa shape index (κ2) is 7.70. The number of hydrogen-bond donors (Lipinski definition) is 2. The fourth-order valence-corrected chi connectivity index (χ4v) is 3.75. The van der Waals surface area contributed by atoms with Crippen molar-refractivity contribution in [3.05, 3.63) is 46.2 Å². The van der Waals surface area contributed by atoms with E-state index in [1.54, 1.807) is 23.1 Å². The average molecular weight is 371 g/mol. The molecule has 1 saturated heterocycles. The monoisotopic (exact) mass is 371 g/mol. The first-order valence-electron chi connectivity index (χ1n) is 8.49. The molecule has 0 aliphatic carbocycles. The van der Waals surface area contributed by atoms with Crippen molar-refractivity contribution in [1.29, 1.82) is 0 Å². The average Bonchev–Trinajstić information content (AvgIpc) is 3.28. The molecule has 0 spiro atoms. The van der Waals surface area contributed by atoms with Gasteiger partial charge in [0, 0.05) is 24.8 Å². The summed E-state index contributed by atoms with van der Waals surface area (Å²) in [4.78, 5) is 38.9. The summed E-state index contributed by atoms with van der Waals surface area (Å²) in [5, 5.41) is 7.48. The number of carbonyl (C=O) groups is 3. The zero-order valence-electron chi connectivity index (χ0n) is 14.7. The lowest BCUT2D eigenvalue weighted by atomic mass is 10.1. The first kappa shape index (κ1) is 18.1. The van der Waals surface area contributed by atoms with Crippen LogP contribution in [0.4, 0.5) is 11.4 Å². The van der Waals surface area contributed by atoms with Crippen molar-refractivity contribution in [2.45, 2.75) is 32.7 Å². The van der Waals surface area contributed by atoms with E-state index in [4.69, 9.17) is 0 Å². The van der Waals surface area contributed by atoms with Crippen LogP contribution in [0.3, 0.4) is 0 Å². The maximum atomic E-state index is 12.7. The van der Waals surface area contributed by atoms with Gasteiger partial charge in [-0.3, -0.25) is 14.4 Å². The third-order valence-corrected chi connectivity index (χ3v) is 5.22. The normalized spacial score (nSPS) is 16.4. The quantitative estimate of drug-likeness (QED) is 0.866. The van der Waals surface area contributed by atoms with Gasteiger partial charge in [-0.05, 0) is 48.9 Å². The molecule has 1 aliphatic heterocycles. The first-order valence-corrected chi connectivity index (χ1v) is 9.37. The number of nitrogens with one attached hydrogen (secondary N) is 2. The molecular weight excluding hydrogens is 350 g/mol. The molecule has 1 atom stereocenters. The molecule has 136 valence electrons. The molecule has 0 unspecified atom stereocenters. The van der Waals surface area contributed by atoms with Gasteiger partial charge in [0.1, 0.15) is 6.04 Å². The van der Waals surface area contributed by atoms with Crippen LogP contribution in [0, 0.1) is 6.92 Å². The van der Waals surface area contributed by atoms with E-state index < -0.39 is 6.04 Å². The number of hydrogen-bond acceptors (Lipinski definition) is 4. The fraction of sp³-hybridized carbons (Fsp3) is 0.316. The van der Waals surface area contributed by atoms with E-state index in [1.165, 1.54) is 18.3 Å². The molecule has 0 radical (unpaired) electrons. The molecule has 0 saturated carbocycles. The Bertz CT molecular complexity index is 833. The van der Waals surface area contributed by atoms with Crippen LogP contribution in [0.5, 0.6) is 0 Å². The number of likely N-dealkylation sites (tertiary alicyclic amines) is 1. The standard InChI is InChI=1S/C19H21N3O3S/c1-12-7-8-14(11-15(12)20-13(2)23)21-18(24)16-5-3-9-22(16)19(25)17-6-4-10-26-17/h4,6-8,10-11,16H,3,5,9H2,1-2H3,(H,20,23)(H,21,24)/t16-/m0/s1. The molecule has 3 rings (SSSR count). The third-order valence-electron chi connectivity index (χ3n) is 4.36. The van der Waals surface area contributed by atoms with E-state index in [0.717, 1.165) is 12.0 Å². The summed E-state index contributed by atoms with van der Waals surface area (Å²) in [5.74, 6) is -0.467. The Morgan fingerprint density at radius 3 is 2.69 bits per heavy atom. The summed E-state index contributed by atoms with van der Waals surface area (Å²) in [6.45, 7) is 3.91. The van der Waals surface area contributed by atoms with Crippen molar-refractivity contribution < 1.29 is 14.4 Å². The molecule has 1 aromatic heterocycles. The molecule has 1 aromatic carbocycles. The molecule has 3 amide bonds. The molecule has 2 aromatic rings. The molecule has 2 heterocycles. The van der Waals surface area contributed by atoms with Gasteiger partial charge in [0.05, 0.1) is 4.88 Å². The minimum atomic E-state index is -0.477. The molecule has 6 nitrogen and oxygen atoms in total. The number of rotatable bonds is 4. The van der Waals surface area contributed by atoms with Gasteiger partial charge in [-0.1, -0.05) is 12.1 Å². The van der Waals surface area contributed by atoms with Crippen LogP contribution in [0.15, 0.2) is 35.7 Å². The SMILES string of the molecule is CC(=O)Nc1cc(NC(=O)[C@@H]2CCCN2C(=O)c2cccs2)ccc1C. The van der Waals surface area contributed by atoms with E-state index in [-0.39, 0.29) is 17.7 Å². The highest BCUT2D eigenvalue weighted by atomic mass is 32.1. The Kier molecular flexibility index (Phi) is 5.37. The van der Waals surface area contributed by atoms with Crippen molar-refractivity contribution in [2.75, 3.05) is 17.2 Å². The molecule has 1 aliphatic rings. The molecule has 2 N–H and O–H groups in total. The van der Waals surface area contributed by atoms with Gasteiger partial charge in [0.2, 0.25) is 11.8 Å². The Morgan fingerprint density at radius 1 is 1.19 bits per heavy atom. The van der Waals surface area contributed by atoms with E-state index in [9.17, 15) is 14.4 Å². The predicted molar refractivity (Wildman–Crippen MR) is 102 cm³/mol. The van der Waals surface area contributed by atoms with E-state index in [1.807, 2.05) is 24.4 Å². The maximum Gasteiger partial charge on any atom is 0.264 e. The van der Waals surface area contributed by atoms with Gasteiger partial charge in [-0.2, -0.15) is 0 Å².